The van der Waals surface area contributed by atoms with Gasteiger partial charge in [-0.25, -0.2) is 4.79 Å². The van der Waals surface area contributed by atoms with Crippen molar-refractivity contribution in [2.75, 3.05) is 0 Å². The van der Waals surface area contributed by atoms with Crippen LogP contribution in [0.2, 0.25) is 0 Å². The Hall–Kier alpha value is -3.79. The maximum atomic E-state index is 12.5. The molecule has 164 valence electrons. The maximum Gasteiger partial charge on any atom is 0.338 e. The van der Waals surface area contributed by atoms with Crippen molar-refractivity contribution in [1.82, 2.24) is 5.32 Å². The molecule has 1 aliphatic carbocycles. The second-order valence-corrected chi connectivity index (χ2v) is 7.89. The van der Waals surface area contributed by atoms with E-state index in [1.165, 1.54) is 31.2 Å². The van der Waals surface area contributed by atoms with Gasteiger partial charge in [0.15, 0.2) is 6.10 Å². The maximum absolute atomic E-state index is 12.5. The third-order valence-corrected chi connectivity index (χ3v) is 5.56. The summed E-state index contributed by atoms with van der Waals surface area (Å²) in [6, 6.07) is 15.9. The molecule has 0 aromatic heterocycles. The third kappa shape index (κ3) is 5.27. The highest BCUT2D eigenvalue weighted by atomic mass is 16.5. The molecule has 1 aliphatic rings. The molecular formula is C25H24N2O5. The van der Waals surface area contributed by atoms with Crippen molar-refractivity contribution in [3.63, 3.8) is 0 Å². The predicted molar refractivity (Wildman–Crippen MR) is 116 cm³/mol. The van der Waals surface area contributed by atoms with Crippen molar-refractivity contribution in [1.29, 1.82) is 5.26 Å². The molecule has 1 amide bonds. The van der Waals surface area contributed by atoms with Gasteiger partial charge in [-0.05, 0) is 31.9 Å². The molecule has 0 aliphatic heterocycles. The smallest absolute Gasteiger partial charge is 0.338 e. The van der Waals surface area contributed by atoms with Crippen LogP contribution in [-0.2, 0) is 9.53 Å². The van der Waals surface area contributed by atoms with Crippen LogP contribution in [0.5, 0.6) is 0 Å². The Morgan fingerprint density at radius 1 is 0.875 bits per heavy atom. The molecule has 1 saturated carbocycles. The van der Waals surface area contributed by atoms with Gasteiger partial charge < -0.3 is 10.1 Å². The van der Waals surface area contributed by atoms with Gasteiger partial charge in [0, 0.05) is 11.1 Å². The minimum absolute atomic E-state index is 0.140. The van der Waals surface area contributed by atoms with Crippen LogP contribution in [-0.4, -0.2) is 35.1 Å². The molecule has 1 fully saturated rings. The number of nitriles is 1. The highest BCUT2D eigenvalue weighted by Gasteiger charge is 2.35. The number of amides is 1. The molecule has 1 atom stereocenters. The van der Waals surface area contributed by atoms with Crippen LogP contribution >= 0.6 is 0 Å². The zero-order chi connectivity index (χ0) is 23.1. The summed E-state index contributed by atoms with van der Waals surface area (Å²) in [5.74, 6) is -2.59. The van der Waals surface area contributed by atoms with Crippen molar-refractivity contribution in [3.05, 3.63) is 71.3 Å². The summed E-state index contributed by atoms with van der Waals surface area (Å²) >= 11 is 0. The molecular weight excluding hydrogens is 408 g/mol. The molecule has 32 heavy (non-hydrogen) atoms. The number of rotatable bonds is 7. The quantitative estimate of drug-likeness (QED) is 0.406. The number of ether oxygens (including phenoxy) is 1. The van der Waals surface area contributed by atoms with Gasteiger partial charge in [0.2, 0.25) is 11.6 Å². The monoisotopic (exact) mass is 432 g/mol. The molecule has 7 nitrogen and oxygen atoms in total. The van der Waals surface area contributed by atoms with Gasteiger partial charge in [0.1, 0.15) is 5.54 Å². The second-order valence-electron chi connectivity index (χ2n) is 7.89. The summed E-state index contributed by atoms with van der Waals surface area (Å²) in [6.07, 6.45) is 2.81. The lowest BCUT2D eigenvalue weighted by atomic mass is 9.83. The topological polar surface area (TPSA) is 113 Å². The van der Waals surface area contributed by atoms with Crippen molar-refractivity contribution in [2.45, 2.75) is 50.7 Å². The van der Waals surface area contributed by atoms with Gasteiger partial charge in [-0.3, -0.25) is 14.4 Å². The summed E-state index contributed by atoms with van der Waals surface area (Å²) in [6.45, 7) is 1.44. The molecule has 7 heteroatoms. The Kier molecular flexibility index (Phi) is 7.16. The first kappa shape index (κ1) is 22.9. The Morgan fingerprint density at radius 3 is 1.97 bits per heavy atom. The average Bonchev–Trinajstić information content (AvgIpc) is 2.84. The Morgan fingerprint density at radius 2 is 1.41 bits per heavy atom. The van der Waals surface area contributed by atoms with E-state index in [2.05, 4.69) is 11.4 Å². The fourth-order valence-corrected chi connectivity index (χ4v) is 3.65. The third-order valence-electron chi connectivity index (χ3n) is 5.56. The number of nitrogens with zero attached hydrogens (tertiary/aromatic N) is 1. The summed E-state index contributed by atoms with van der Waals surface area (Å²) in [7, 11) is 0. The van der Waals surface area contributed by atoms with E-state index in [0.29, 0.717) is 12.8 Å². The summed E-state index contributed by atoms with van der Waals surface area (Å²) in [5, 5.41) is 12.2. The molecule has 1 unspecified atom stereocenters. The first-order valence-corrected chi connectivity index (χ1v) is 10.5. The van der Waals surface area contributed by atoms with Gasteiger partial charge >= 0.3 is 5.97 Å². The van der Waals surface area contributed by atoms with E-state index in [1.807, 2.05) is 0 Å². The summed E-state index contributed by atoms with van der Waals surface area (Å²) in [4.78, 5) is 49.6. The van der Waals surface area contributed by atoms with E-state index in [1.54, 1.807) is 30.3 Å². The number of Topliss-reactive ketones (excluding diaryl/α,β-unsaturated/α-hetero) is 2. The van der Waals surface area contributed by atoms with E-state index in [9.17, 15) is 24.4 Å². The minimum Gasteiger partial charge on any atom is -0.449 e. The van der Waals surface area contributed by atoms with Gasteiger partial charge in [0.25, 0.3) is 5.91 Å². The number of hydrogen-bond acceptors (Lipinski definition) is 6. The first-order chi connectivity index (χ1) is 15.3. The highest BCUT2D eigenvalue weighted by Crippen LogP contribution is 2.27. The number of hydrogen-bond donors (Lipinski definition) is 1. The van der Waals surface area contributed by atoms with Crippen molar-refractivity contribution >= 4 is 23.4 Å². The molecule has 1 N–H and O–H groups in total. The zero-order valence-corrected chi connectivity index (χ0v) is 17.8. The van der Waals surface area contributed by atoms with Crippen molar-refractivity contribution in [2.24, 2.45) is 0 Å². The van der Waals surface area contributed by atoms with Crippen molar-refractivity contribution in [3.8, 4) is 6.07 Å². The van der Waals surface area contributed by atoms with Gasteiger partial charge in [-0.2, -0.15) is 5.26 Å². The van der Waals surface area contributed by atoms with Gasteiger partial charge in [0.05, 0.1) is 11.6 Å². The lowest BCUT2D eigenvalue weighted by molar-refractivity contribution is -0.130. The SMILES string of the molecule is CC(OC(=O)c1ccc(C(=O)C(=O)c2ccccc2)cc1)C(=O)NC1(C#N)CCCCC1. The van der Waals surface area contributed by atoms with E-state index in [0.717, 1.165) is 19.3 Å². The minimum atomic E-state index is -1.09. The predicted octanol–water partition coefficient (Wildman–Crippen LogP) is 3.64. The highest BCUT2D eigenvalue weighted by molar-refractivity contribution is 6.49. The lowest BCUT2D eigenvalue weighted by Crippen LogP contribution is -2.52. The molecule has 2 aromatic rings. The Balaban J connectivity index is 1.60. The molecule has 0 heterocycles. The molecule has 2 aromatic carbocycles. The van der Waals surface area contributed by atoms with Crippen LogP contribution in [0.3, 0.4) is 0 Å². The fraction of sp³-hybridized carbons (Fsp3) is 0.320. The molecule has 0 saturated heterocycles. The van der Waals surface area contributed by atoms with Gasteiger partial charge in [-0.1, -0.05) is 61.7 Å². The normalized spacial score (nSPS) is 15.6. The number of carbonyl (C=O) groups is 4. The van der Waals surface area contributed by atoms with Gasteiger partial charge in [-0.15, -0.1) is 0 Å². The van der Waals surface area contributed by atoms with E-state index in [-0.39, 0.29) is 16.7 Å². The van der Waals surface area contributed by atoms with Crippen LogP contribution in [0.4, 0.5) is 0 Å². The summed E-state index contributed by atoms with van der Waals surface area (Å²) in [5.41, 5.74) is -0.340. The first-order valence-electron chi connectivity index (χ1n) is 10.5. The van der Waals surface area contributed by atoms with E-state index < -0.39 is 35.1 Å². The second kappa shape index (κ2) is 10.0. The lowest BCUT2D eigenvalue weighted by Gasteiger charge is -2.32. The van der Waals surface area contributed by atoms with E-state index >= 15 is 0 Å². The van der Waals surface area contributed by atoms with Crippen LogP contribution in [0.1, 0.15) is 70.1 Å². The Bertz CT molecular complexity index is 1050. The molecule has 0 spiro atoms. The van der Waals surface area contributed by atoms with Crippen LogP contribution in [0.15, 0.2) is 54.6 Å². The van der Waals surface area contributed by atoms with Crippen LogP contribution in [0, 0.1) is 11.3 Å². The van der Waals surface area contributed by atoms with Crippen molar-refractivity contribution < 1.29 is 23.9 Å². The number of carbonyl (C=O) groups excluding carboxylic acids is 4. The van der Waals surface area contributed by atoms with E-state index in [4.69, 9.17) is 4.74 Å². The number of benzene rings is 2. The number of ketones is 2. The zero-order valence-electron chi connectivity index (χ0n) is 17.8. The van der Waals surface area contributed by atoms with Crippen LogP contribution < -0.4 is 5.32 Å². The number of esters is 1. The van der Waals surface area contributed by atoms with Crippen LogP contribution in [0.25, 0.3) is 0 Å². The average molecular weight is 432 g/mol. The fourth-order valence-electron chi connectivity index (χ4n) is 3.65. The largest absolute Gasteiger partial charge is 0.449 e. The molecule has 3 rings (SSSR count). The number of nitrogens with one attached hydrogen (secondary N) is 1. The molecule has 0 bridgehead atoms. The Labute approximate surface area is 186 Å². The standard InChI is InChI=1S/C25H24N2O5/c1-17(23(30)27-25(16-26)14-6-3-7-15-25)32-24(31)20-12-10-19(11-13-20)22(29)21(28)18-8-4-2-5-9-18/h2,4-5,8-13,17H,3,6-7,14-15H2,1H3,(H,27,30). The summed E-state index contributed by atoms with van der Waals surface area (Å²) < 4.78 is 5.23. The molecule has 0 radical (unpaired) electrons.